The summed E-state index contributed by atoms with van der Waals surface area (Å²) in [4.78, 5) is 40.4. The van der Waals surface area contributed by atoms with E-state index in [2.05, 4.69) is 0 Å². The minimum atomic E-state index is -4.84. The fourth-order valence-corrected chi connectivity index (χ4v) is 3.72. The zero-order valence-electron chi connectivity index (χ0n) is 17.9. The van der Waals surface area contributed by atoms with Crippen LogP contribution in [0, 0.1) is 5.92 Å². The molecule has 0 bridgehead atoms. The van der Waals surface area contributed by atoms with E-state index in [9.17, 15) is 27.6 Å². The third-order valence-corrected chi connectivity index (χ3v) is 5.20. The number of hydrogen-bond donors (Lipinski definition) is 1. The van der Waals surface area contributed by atoms with Crippen LogP contribution in [0.2, 0.25) is 0 Å². The maximum Gasteiger partial charge on any atom is 0.415 e. The summed E-state index contributed by atoms with van der Waals surface area (Å²) in [5.41, 5.74) is -1.63. The smallest absolute Gasteiger partial charge is 0.415 e. The predicted molar refractivity (Wildman–Crippen MR) is 110 cm³/mol. The van der Waals surface area contributed by atoms with Gasteiger partial charge in [0.05, 0.1) is 6.26 Å². The number of carbonyl (C=O) groups is 2. The van der Waals surface area contributed by atoms with Gasteiger partial charge >= 0.3 is 6.18 Å². The van der Waals surface area contributed by atoms with Crippen LogP contribution in [0.3, 0.4) is 0 Å². The van der Waals surface area contributed by atoms with Crippen molar-refractivity contribution in [3.8, 4) is 0 Å². The molecular weight excluding hydrogens is 427 g/mol. The SMILES string of the molecule is CC(C)Cn1cc(C(=O)N[C@H](c2ccco2)C(F)(F)F)c(=O)c(C(=O)N2CCCCC2)c1. The highest BCUT2D eigenvalue weighted by molar-refractivity contribution is 5.99. The number of alkyl halides is 3. The molecule has 32 heavy (non-hydrogen) atoms. The van der Waals surface area contributed by atoms with Crippen LogP contribution in [0.15, 0.2) is 40.0 Å². The van der Waals surface area contributed by atoms with E-state index < -0.39 is 40.8 Å². The van der Waals surface area contributed by atoms with Crippen molar-refractivity contribution >= 4 is 11.8 Å². The number of likely N-dealkylation sites (tertiary alicyclic amines) is 1. The number of furan rings is 1. The molecule has 7 nitrogen and oxygen atoms in total. The van der Waals surface area contributed by atoms with Gasteiger partial charge in [0.2, 0.25) is 5.43 Å². The first-order valence-electron chi connectivity index (χ1n) is 10.5. The average molecular weight is 453 g/mol. The zero-order chi connectivity index (χ0) is 23.5. The molecule has 10 heteroatoms. The van der Waals surface area contributed by atoms with Gasteiger partial charge in [-0.15, -0.1) is 0 Å². The molecule has 0 unspecified atom stereocenters. The first kappa shape index (κ1) is 23.6. The minimum Gasteiger partial charge on any atom is -0.467 e. The largest absolute Gasteiger partial charge is 0.467 e. The number of piperidine rings is 1. The molecule has 1 saturated heterocycles. The Labute approximate surface area is 183 Å². The maximum atomic E-state index is 13.5. The molecule has 174 valence electrons. The number of nitrogens with one attached hydrogen (secondary N) is 1. The minimum absolute atomic E-state index is 0.109. The number of aromatic nitrogens is 1. The summed E-state index contributed by atoms with van der Waals surface area (Å²) in [6, 6.07) is -0.0658. The Hall–Kier alpha value is -3.04. The third kappa shape index (κ3) is 5.41. The fraction of sp³-hybridized carbons (Fsp3) is 0.500. The molecule has 1 N–H and O–H groups in total. The van der Waals surface area contributed by atoms with Crippen LogP contribution in [0.4, 0.5) is 13.2 Å². The van der Waals surface area contributed by atoms with Crippen LogP contribution in [-0.4, -0.2) is 40.5 Å². The normalized spacial score (nSPS) is 15.6. The van der Waals surface area contributed by atoms with Gasteiger partial charge in [-0.2, -0.15) is 13.2 Å². The quantitative estimate of drug-likeness (QED) is 0.722. The predicted octanol–water partition coefficient (Wildman–Crippen LogP) is 3.76. The lowest BCUT2D eigenvalue weighted by Crippen LogP contribution is -2.42. The second kappa shape index (κ2) is 9.62. The van der Waals surface area contributed by atoms with Gasteiger partial charge in [-0.25, -0.2) is 0 Å². The Balaban J connectivity index is 1.99. The van der Waals surface area contributed by atoms with Gasteiger partial charge in [0.25, 0.3) is 11.8 Å². The second-order valence-electron chi connectivity index (χ2n) is 8.32. The van der Waals surface area contributed by atoms with Crippen molar-refractivity contribution in [1.29, 1.82) is 0 Å². The van der Waals surface area contributed by atoms with Gasteiger partial charge in [-0.05, 0) is 37.3 Å². The van der Waals surface area contributed by atoms with Crippen molar-refractivity contribution in [3.05, 3.63) is 57.9 Å². The summed E-state index contributed by atoms with van der Waals surface area (Å²) in [7, 11) is 0. The fourth-order valence-electron chi connectivity index (χ4n) is 3.72. The monoisotopic (exact) mass is 453 g/mol. The van der Waals surface area contributed by atoms with E-state index in [4.69, 9.17) is 4.42 Å². The van der Waals surface area contributed by atoms with Crippen molar-refractivity contribution in [1.82, 2.24) is 14.8 Å². The van der Waals surface area contributed by atoms with Crippen LogP contribution in [-0.2, 0) is 6.54 Å². The van der Waals surface area contributed by atoms with Gasteiger partial charge in [0, 0.05) is 32.0 Å². The van der Waals surface area contributed by atoms with Crippen LogP contribution in [0.5, 0.6) is 0 Å². The number of carbonyl (C=O) groups excluding carboxylic acids is 2. The van der Waals surface area contributed by atoms with Crippen molar-refractivity contribution in [3.63, 3.8) is 0 Å². The first-order chi connectivity index (χ1) is 15.1. The lowest BCUT2D eigenvalue weighted by atomic mass is 10.1. The summed E-state index contributed by atoms with van der Waals surface area (Å²) in [5.74, 6) is -2.13. The Bertz CT molecular complexity index is 1010. The number of halogens is 3. The summed E-state index contributed by atoms with van der Waals surface area (Å²) in [6.07, 6.45) is 1.39. The Morgan fingerprint density at radius 1 is 1.12 bits per heavy atom. The van der Waals surface area contributed by atoms with E-state index in [-0.39, 0.29) is 11.5 Å². The average Bonchev–Trinajstić information content (AvgIpc) is 3.26. The number of rotatable bonds is 6. The highest BCUT2D eigenvalue weighted by atomic mass is 19.4. The Morgan fingerprint density at radius 3 is 2.34 bits per heavy atom. The highest BCUT2D eigenvalue weighted by Gasteiger charge is 2.44. The van der Waals surface area contributed by atoms with E-state index in [1.165, 1.54) is 23.0 Å². The summed E-state index contributed by atoms with van der Waals surface area (Å²) >= 11 is 0. The molecule has 3 heterocycles. The summed E-state index contributed by atoms with van der Waals surface area (Å²) in [5, 5.41) is 1.85. The molecule has 0 aromatic carbocycles. The van der Waals surface area contributed by atoms with E-state index in [0.717, 1.165) is 31.6 Å². The van der Waals surface area contributed by atoms with Crippen molar-refractivity contribution < 1.29 is 27.2 Å². The molecule has 0 radical (unpaired) electrons. The van der Waals surface area contributed by atoms with Crippen molar-refractivity contribution in [2.45, 2.75) is 51.9 Å². The molecule has 1 atom stereocenters. The number of pyridine rings is 1. The van der Waals surface area contributed by atoms with Crippen LogP contribution in [0.1, 0.15) is 65.6 Å². The zero-order valence-corrected chi connectivity index (χ0v) is 17.9. The first-order valence-corrected chi connectivity index (χ1v) is 10.5. The lowest BCUT2D eigenvalue weighted by Gasteiger charge is -2.27. The molecule has 1 aliphatic rings. The number of nitrogens with zero attached hydrogens (tertiary/aromatic N) is 2. The molecule has 0 aliphatic carbocycles. The van der Waals surface area contributed by atoms with Gasteiger partial charge < -0.3 is 19.2 Å². The van der Waals surface area contributed by atoms with Crippen LogP contribution >= 0.6 is 0 Å². The molecule has 2 aromatic heterocycles. The van der Waals surface area contributed by atoms with E-state index in [1.54, 1.807) is 4.90 Å². The number of amides is 2. The van der Waals surface area contributed by atoms with Gasteiger partial charge in [-0.3, -0.25) is 14.4 Å². The Morgan fingerprint density at radius 2 is 1.78 bits per heavy atom. The highest BCUT2D eigenvalue weighted by Crippen LogP contribution is 2.33. The Kier molecular flexibility index (Phi) is 7.10. The molecule has 2 amide bonds. The molecule has 1 aliphatic heterocycles. The molecular formula is C22H26F3N3O4. The van der Waals surface area contributed by atoms with Gasteiger partial charge in [0.15, 0.2) is 6.04 Å². The maximum absolute atomic E-state index is 13.5. The molecule has 0 spiro atoms. The standard InChI is InChI=1S/C22H26F3N3O4/c1-14(2)11-27-12-15(18(29)16(13-27)21(31)28-8-4-3-5-9-28)20(30)26-19(22(23,24)25)17-7-6-10-32-17/h6-7,10,12-14,19H,3-5,8-9,11H2,1-2H3,(H,26,30)/t19-/m1/s1. The molecule has 0 saturated carbocycles. The molecule has 1 fully saturated rings. The van der Waals surface area contributed by atoms with Crippen LogP contribution < -0.4 is 10.7 Å². The van der Waals surface area contributed by atoms with Crippen molar-refractivity contribution in [2.75, 3.05) is 13.1 Å². The molecule has 2 aromatic rings. The molecule has 3 rings (SSSR count). The third-order valence-electron chi connectivity index (χ3n) is 5.20. The summed E-state index contributed by atoms with van der Waals surface area (Å²) < 4.78 is 47.0. The second-order valence-corrected chi connectivity index (χ2v) is 8.32. The van der Waals surface area contributed by atoms with Crippen molar-refractivity contribution in [2.24, 2.45) is 5.92 Å². The lowest BCUT2D eigenvalue weighted by molar-refractivity contribution is -0.159. The number of hydrogen-bond acceptors (Lipinski definition) is 4. The van der Waals surface area contributed by atoms with Gasteiger partial charge in [0.1, 0.15) is 16.9 Å². The van der Waals surface area contributed by atoms with E-state index in [0.29, 0.717) is 19.6 Å². The van der Waals surface area contributed by atoms with E-state index in [1.807, 2.05) is 19.2 Å². The topological polar surface area (TPSA) is 84.5 Å². The van der Waals surface area contributed by atoms with E-state index >= 15 is 0 Å². The van der Waals surface area contributed by atoms with Crippen LogP contribution in [0.25, 0.3) is 0 Å². The van der Waals surface area contributed by atoms with Gasteiger partial charge in [-0.1, -0.05) is 13.8 Å². The summed E-state index contributed by atoms with van der Waals surface area (Å²) in [6.45, 7) is 5.17.